The molecule has 6 heteroatoms. The number of anilines is 1. The molecule has 0 radical (unpaired) electrons. The number of hydrogen-bond donors (Lipinski definition) is 1. The van der Waals surface area contributed by atoms with Crippen LogP contribution >= 0.6 is 11.8 Å². The van der Waals surface area contributed by atoms with E-state index >= 15 is 0 Å². The first-order chi connectivity index (χ1) is 9.88. The summed E-state index contributed by atoms with van der Waals surface area (Å²) in [6.45, 7) is 5.71. The molecule has 1 N–H and O–H groups in total. The normalized spacial score (nSPS) is 16.6. The van der Waals surface area contributed by atoms with Crippen molar-refractivity contribution in [2.45, 2.75) is 32.6 Å². The topological polar surface area (TPSA) is 15.3 Å². The van der Waals surface area contributed by atoms with Crippen molar-refractivity contribution in [1.82, 2.24) is 5.32 Å². The van der Waals surface area contributed by atoms with Crippen molar-refractivity contribution in [3.63, 3.8) is 0 Å². The molecule has 0 unspecified atom stereocenters. The Hall–Kier alpha value is -0.880. The minimum Gasteiger partial charge on any atom is -0.370 e. The zero-order valence-corrected chi connectivity index (χ0v) is 13.2. The molecule has 0 spiro atoms. The average Bonchev–Trinajstić information content (AvgIpc) is 2.45. The lowest BCUT2D eigenvalue weighted by molar-refractivity contribution is -0.138. The smallest absolute Gasteiger partial charge is 0.370 e. The molecule has 1 aliphatic heterocycles. The largest absolute Gasteiger partial charge is 0.416 e. The number of alkyl halides is 3. The molecule has 0 amide bonds. The highest BCUT2D eigenvalue weighted by Gasteiger charge is 2.34. The number of halogens is 3. The van der Waals surface area contributed by atoms with Crippen LogP contribution in [-0.2, 0) is 12.7 Å². The molecule has 1 aromatic carbocycles. The first-order valence-corrected chi connectivity index (χ1v) is 8.29. The van der Waals surface area contributed by atoms with Crippen LogP contribution in [0.5, 0.6) is 0 Å². The summed E-state index contributed by atoms with van der Waals surface area (Å²) in [6, 6.07) is 4.87. The fourth-order valence-electron chi connectivity index (χ4n) is 2.31. The van der Waals surface area contributed by atoms with Crippen molar-refractivity contribution in [1.29, 1.82) is 0 Å². The lowest BCUT2D eigenvalue weighted by Crippen LogP contribution is -2.32. The Bertz CT molecular complexity index is 468. The summed E-state index contributed by atoms with van der Waals surface area (Å²) in [5.41, 5.74) is 0.466. The molecule has 118 valence electrons. The maximum Gasteiger partial charge on any atom is 0.416 e. The lowest BCUT2D eigenvalue weighted by atomic mass is 10.0. The molecule has 0 aliphatic carbocycles. The quantitative estimate of drug-likeness (QED) is 0.910. The van der Waals surface area contributed by atoms with Gasteiger partial charge >= 0.3 is 6.18 Å². The third kappa shape index (κ3) is 4.54. The second-order valence-electron chi connectivity index (χ2n) is 5.47. The van der Waals surface area contributed by atoms with Crippen LogP contribution in [0.4, 0.5) is 18.9 Å². The molecule has 0 bridgehead atoms. The summed E-state index contributed by atoms with van der Waals surface area (Å²) < 4.78 is 39.8. The van der Waals surface area contributed by atoms with Gasteiger partial charge in [0.05, 0.1) is 5.56 Å². The van der Waals surface area contributed by atoms with Crippen LogP contribution in [0.3, 0.4) is 0 Å². The lowest BCUT2D eigenvalue weighted by Gasteiger charge is -2.29. The number of benzene rings is 1. The Morgan fingerprint density at radius 2 is 1.90 bits per heavy atom. The summed E-state index contributed by atoms with van der Waals surface area (Å²) in [5, 5.41) is 3.06. The zero-order valence-electron chi connectivity index (χ0n) is 12.3. The zero-order chi connectivity index (χ0) is 15.5. The van der Waals surface area contributed by atoms with E-state index in [0.29, 0.717) is 11.3 Å². The van der Waals surface area contributed by atoms with Crippen molar-refractivity contribution >= 4 is 17.4 Å². The highest BCUT2D eigenvalue weighted by Crippen LogP contribution is 2.35. The van der Waals surface area contributed by atoms with E-state index in [9.17, 15) is 13.2 Å². The Balaban J connectivity index is 2.26. The number of hydrogen-bond acceptors (Lipinski definition) is 3. The van der Waals surface area contributed by atoms with Crippen LogP contribution in [-0.4, -0.2) is 30.6 Å². The molecule has 1 heterocycles. The van der Waals surface area contributed by atoms with Crippen molar-refractivity contribution in [2.24, 2.45) is 0 Å². The van der Waals surface area contributed by atoms with Crippen LogP contribution < -0.4 is 10.2 Å². The monoisotopic (exact) mass is 318 g/mol. The summed E-state index contributed by atoms with van der Waals surface area (Å²) in [4.78, 5) is 2.03. The third-order valence-corrected chi connectivity index (χ3v) is 4.42. The van der Waals surface area contributed by atoms with E-state index in [-0.39, 0.29) is 12.6 Å². The second-order valence-corrected chi connectivity index (χ2v) is 6.70. The second kappa shape index (κ2) is 6.92. The SMILES string of the molecule is CC(C)NCc1ccc(N2CCSCC2)cc1C(F)(F)F. The first-order valence-electron chi connectivity index (χ1n) is 7.14. The van der Waals surface area contributed by atoms with Gasteiger partial charge in [-0.05, 0) is 17.7 Å². The molecular formula is C15H21F3N2S. The van der Waals surface area contributed by atoms with E-state index < -0.39 is 11.7 Å². The number of nitrogens with one attached hydrogen (secondary N) is 1. The van der Waals surface area contributed by atoms with Crippen molar-refractivity contribution in [3.05, 3.63) is 29.3 Å². The van der Waals surface area contributed by atoms with Gasteiger partial charge in [-0.1, -0.05) is 19.9 Å². The maximum atomic E-state index is 13.3. The van der Waals surface area contributed by atoms with Crippen LogP contribution in [0, 0.1) is 0 Å². The molecule has 2 rings (SSSR count). The first kappa shape index (κ1) is 16.5. The number of nitrogens with zero attached hydrogens (tertiary/aromatic N) is 1. The van der Waals surface area contributed by atoms with Gasteiger partial charge in [-0.3, -0.25) is 0 Å². The summed E-state index contributed by atoms with van der Waals surface area (Å²) in [7, 11) is 0. The van der Waals surface area contributed by atoms with Gasteiger partial charge < -0.3 is 10.2 Å². The summed E-state index contributed by atoms with van der Waals surface area (Å²) in [5.74, 6) is 1.94. The van der Waals surface area contributed by atoms with E-state index in [0.717, 1.165) is 24.6 Å². The van der Waals surface area contributed by atoms with Gasteiger partial charge in [0.15, 0.2) is 0 Å². The molecule has 1 aliphatic rings. The van der Waals surface area contributed by atoms with Gasteiger partial charge in [0.1, 0.15) is 0 Å². The van der Waals surface area contributed by atoms with Gasteiger partial charge in [0, 0.05) is 42.9 Å². The van der Waals surface area contributed by atoms with Gasteiger partial charge in [-0.2, -0.15) is 24.9 Å². The molecule has 0 aromatic heterocycles. The van der Waals surface area contributed by atoms with Crippen LogP contribution in [0.15, 0.2) is 18.2 Å². The Morgan fingerprint density at radius 1 is 1.24 bits per heavy atom. The standard InChI is InChI=1S/C15H21F3N2S/c1-11(2)19-10-12-3-4-13(9-14(12)15(16,17)18)20-5-7-21-8-6-20/h3-4,9,11,19H,5-8,10H2,1-2H3. The van der Waals surface area contributed by atoms with Gasteiger partial charge in [-0.15, -0.1) is 0 Å². The molecule has 1 aromatic rings. The van der Waals surface area contributed by atoms with Gasteiger partial charge in [0.25, 0.3) is 0 Å². The van der Waals surface area contributed by atoms with E-state index in [1.165, 1.54) is 6.07 Å². The Kier molecular flexibility index (Phi) is 5.43. The molecule has 0 saturated carbocycles. The van der Waals surface area contributed by atoms with Crippen molar-refractivity contribution in [2.75, 3.05) is 29.5 Å². The van der Waals surface area contributed by atoms with Crippen LogP contribution in [0.2, 0.25) is 0 Å². The molecule has 21 heavy (non-hydrogen) atoms. The molecule has 0 atom stereocenters. The fraction of sp³-hybridized carbons (Fsp3) is 0.600. The van der Waals surface area contributed by atoms with E-state index in [2.05, 4.69) is 5.32 Å². The average molecular weight is 318 g/mol. The number of rotatable bonds is 4. The highest BCUT2D eigenvalue weighted by atomic mass is 32.2. The Labute approximate surface area is 128 Å². The maximum absolute atomic E-state index is 13.3. The molecule has 1 saturated heterocycles. The Morgan fingerprint density at radius 3 is 2.48 bits per heavy atom. The minimum atomic E-state index is -4.31. The van der Waals surface area contributed by atoms with Gasteiger partial charge in [-0.25, -0.2) is 0 Å². The van der Waals surface area contributed by atoms with E-state index in [1.807, 2.05) is 36.6 Å². The van der Waals surface area contributed by atoms with Crippen molar-refractivity contribution < 1.29 is 13.2 Å². The molecular weight excluding hydrogens is 297 g/mol. The summed E-state index contributed by atoms with van der Waals surface area (Å²) in [6.07, 6.45) is -4.31. The van der Waals surface area contributed by atoms with E-state index in [4.69, 9.17) is 0 Å². The highest BCUT2D eigenvalue weighted by molar-refractivity contribution is 7.99. The summed E-state index contributed by atoms with van der Waals surface area (Å²) >= 11 is 1.84. The van der Waals surface area contributed by atoms with Crippen LogP contribution in [0.25, 0.3) is 0 Å². The molecule has 2 nitrogen and oxygen atoms in total. The van der Waals surface area contributed by atoms with Crippen LogP contribution in [0.1, 0.15) is 25.0 Å². The van der Waals surface area contributed by atoms with Gasteiger partial charge in [0.2, 0.25) is 0 Å². The fourth-order valence-corrected chi connectivity index (χ4v) is 3.22. The van der Waals surface area contributed by atoms with Crippen molar-refractivity contribution in [3.8, 4) is 0 Å². The minimum absolute atomic E-state index is 0.157. The predicted octanol–water partition coefficient (Wildman–Crippen LogP) is 3.76. The molecule has 1 fully saturated rings. The predicted molar refractivity (Wildman–Crippen MR) is 83.0 cm³/mol. The third-order valence-electron chi connectivity index (χ3n) is 3.48. The number of thioether (sulfide) groups is 1. The van der Waals surface area contributed by atoms with E-state index in [1.54, 1.807) is 6.07 Å².